The molecule has 2 aromatic rings. The molecule has 1 saturated heterocycles. The first-order chi connectivity index (χ1) is 16.5. The summed E-state index contributed by atoms with van der Waals surface area (Å²) < 4.78 is 17.2. The van der Waals surface area contributed by atoms with Gasteiger partial charge in [-0.2, -0.15) is 0 Å². The number of carbonyl (C=O) groups excluding carboxylic acids is 2. The van der Waals surface area contributed by atoms with Crippen LogP contribution >= 0.6 is 0 Å². The summed E-state index contributed by atoms with van der Waals surface area (Å²) in [5, 5.41) is 0. The Labute approximate surface area is 200 Å². The number of hydrogen-bond donors (Lipinski definition) is 0. The molecule has 8 heteroatoms. The molecular weight excluding hydrogens is 434 g/mol. The van der Waals surface area contributed by atoms with E-state index in [0.29, 0.717) is 69.8 Å². The lowest BCUT2D eigenvalue weighted by molar-refractivity contribution is -0.130. The first kappa shape index (κ1) is 23.6. The molecule has 0 bridgehead atoms. The number of piperazine rings is 1. The smallest absolute Gasteiger partial charge is 0.241 e. The maximum Gasteiger partial charge on any atom is 0.241 e. The molecule has 0 aromatic heterocycles. The van der Waals surface area contributed by atoms with Crippen LogP contribution in [0.2, 0.25) is 0 Å². The number of anilines is 1. The Kier molecular flexibility index (Phi) is 7.69. The highest BCUT2D eigenvalue weighted by atomic mass is 16.6. The Morgan fingerprint density at radius 1 is 1.06 bits per heavy atom. The van der Waals surface area contributed by atoms with Crippen LogP contribution in [0.4, 0.5) is 5.69 Å². The first-order valence-electron chi connectivity index (χ1n) is 11.5. The number of ether oxygens (including phenoxy) is 3. The van der Waals surface area contributed by atoms with E-state index in [2.05, 4.69) is 11.5 Å². The van der Waals surface area contributed by atoms with E-state index < -0.39 is 0 Å². The van der Waals surface area contributed by atoms with Gasteiger partial charge in [-0.25, -0.2) is 0 Å². The molecule has 34 heavy (non-hydrogen) atoms. The molecule has 4 rings (SSSR count). The largest absolute Gasteiger partial charge is 0.489 e. The van der Waals surface area contributed by atoms with Crippen LogP contribution in [0.3, 0.4) is 0 Å². The summed E-state index contributed by atoms with van der Waals surface area (Å²) in [7, 11) is 0. The van der Waals surface area contributed by atoms with E-state index in [-0.39, 0.29) is 18.4 Å². The molecule has 0 unspecified atom stereocenters. The zero-order valence-electron chi connectivity index (χ0n) is 19.6. The van der Waals surface area contributed by atoms with E-state index in [1.54, 1.807) is 17.9 Å². The van der Waals surface area contributed by atoms with E-state index >= 15 is 0 Å². The van der Waals surface area contributed by atoms with Gasteiger partial charge < -0.3 is 24.0 Å². The van der Waals surface area contributed by atoms with E-state index in [4.69, 9.17) is 14.2 Å². The van der Waals surface area contributed by atoms with Crippen molar-refractivity contribution >= 4 is 17.5 Å². The predicted octanol–water partition coefficient (Wildman–Crippen LogP) is 2.72. The number of carbonyl (C=O) groups is 2. The molecule has 0 atom stereocenters. The molecule has 0 spiro atoms. The minimum atomic E-state index is -0.0357. The van der Waals surface area contributed by atoms with Crippen molar-refractivity contribution in [1.29, 1.82) is 0 Å². The number of hydrogen-bond acceptors (Lipinski definition) is 6. The van der Waals surface area contributed by atoms with Gasteiger partial charge in [0, 0.05) is 50.4 Å². The molecule has 0 radical (unpaired) electrons. The summed E-state index contributed by atoms with van der Waals surface area (Å²) >= 11 is 0. The molecular formula is C26H31N3O5. The van der Waals surface area contributed by atoms with Gasteiger partial charge in [-0.05, 0) is 18.2 Å². The Hall–Kier alpha value is -3.52. The maximum absolute atomic E-state index is 13.6. The molecule has 1 fully saturated rings. The summed E-state index contributed by atoms with van der Waals surface area (Å²) in [6.45, 7) is 9.87. The van der Waals surface area contributed by atoms with Crippen molar-refractivity contribution in [3.63, 3.8) is 0 Å². The standard InChI is InChI=1S/C26H31N3O5/c1-3-14-32-23-7-5-4-6-21(23)18-29(22-8-9-24-25(17-22)34-16-15-33-24)26(31)19-27-10-12-28(13-11-27)20(2)30/h3-9,17H,1,10-16,18-19H2,2H3. The third-order valence-corrected chi connectivity index (χ3v) is 5.97. The highest BCUT2D eigenvalue weighted by Crippen LogP contribution is 2.35. The van der Waals surface area contributed by atoms with Gasteiger partial charge in [0.1, 0.15) is 25.6 Å². The van der Waals surface area contributed by atoms with Crippen molar-refractivity contribution in [2.24, 2.45) is 0 Å². The molecule has 0 aliphatic carbocycles. The summed E-state index contributed by atoms with van der Waals surface area (Å²) in [5.74, 6) is 2.06. The predicted molar refractivity (Wildman–Crippen MR) is 129 cm³/mol. The van der Waals surface area contributed by atoms with Crippen molar-refractivity contribution in [3.05, 3.63) is 60.7 Å². The normalized spacial score (nSPS) is 15.5. The second kappa shape index (κ2) is 11.1. The van der Waals surface area contributed by atoms with Gasteiger partial charge >= 0.3 is 0 Å². The SMILES string of the molecule is C=CCOc1ccccc1CN(C(=O)CN1CCN(C(C)=O)CC1)c1ccc2c(c1)OCCO2. The molecule has 2 aliphatic heterocycles. The highest BCUT2D eigenvalue weighted by Gasteiger charge is 2.25. The zero-order chi connectivity index (χ0) is 23.9. The van der Waals surface area contributed by atoms with Gasteiger partial charge in [0.25, 0.3) is 0 Å². The van der Waals surface area contributed by atoms with Crippen LogP contribution in [-0.4, -0.2) is 74.2 Å². The van der Waals surface area contributed by atoms with Gasteiger partial charge in [-0.1, -0.05) is 30.9 Å². The third-order valence-electron chi connectivity index (χ3n) is 5.97. The van der Waals surface area contributed by atoms with E-state index in [1.165, 1.54) is 0 Å². The van der Waals surface area contributed by atoms with Crippen LogP contribution in [0.1, 0.15) is 12.5 Å². The van der Waals surface area contributed by atoms with Crippen LogP contribution in [0, 0.1) is 0 Å². The second-order valence-electron chi connectivity index (χ2n) is 8.30. The highest BCUT2D eigenvalue weighted by molar-refractivity contribution is 5.95. The van der Waals surface area contributed by atoms with Crippen molar-refractivity contribution in [1.82, 2.24) is 9.80 Å². The van der Waals surface area contributed by atoms with Gasteiger partial charge in [-0.3, -0.25) is 14.5 Å². The number of fused-ring (bicyclic) bond motifs is 1. The lowest BCUT2D eigenvalue weighted by atomic mass is 10.1. The van der Waals surface area contributed by atoms with Crippen LogP contribution < -0.4 is 19.1 Å². The van der Waals surface area contributed by atoms with Gasteiger partial charge in [0.05, 0.1) is 13.1 Å². The molecule has 2 aromatic carbocycles. The van der Waals surface area contributed by atoms with E-state index in [9.17, 15) is 9.59 Å². The molecule has 180 valence electrons. The fourth-order valence-electron chi connectivity index (χ4n) is 4.12. The van der Waals surface area contributed by atoms with Gasteiger partial charge in [0.2, 0.25) is 11.8 Å². The Bertz CT molecular complexity index is 1030. The quantitative estimate of drug-likeness (QED) is 0.559. The van der Waals surface area contributed by atoms with Crippen LogP contribution in [-0.2, 0) is 16.1 Å². The first-order valence-corrected chi connectivity index (χ1v) is 11.5. The Balaban J connectivity index is 1.56. The number of amides is 2. The van der Waals surface area contributed by atoms with Crippen molar-refractivity contribution in [3.8, 4) is 17.2 Å². The molecule has 0 N–H and O–H groups in total. The number of para-hydroxylation sites is 1. The van der Waals surface area contributed by atoms with E-state index in [1.807, 2.05) is 47.4 Å². The van der Waals surface area contributed by atoms with Crippen molar-refractivity contribution in [2.45, 2.75) is 13.5 Å². The monoisotopic (exact) mass is 465 g/mol. The summed E-state index contributed by atoms with van der Waals surface area (Å²) in [4.78, 5) is 30.9. The fourth-order valence-corrected chi connectivity index (χ4v) is 4.12. The summed E-state index contributed by atoms with van der Waals surface area (Å²) in [5.41, 5.74) is 1.63. The molecule has 0 saturated carbocycles. The molecule has 2 heterocycles. The summed E-state index contributed by atoms with van der Waals surface area (Å²) in [6.07, 6.45) is 1.70. The zero-order valence-corrected chi connectivity index (χ0v) is 19.6. The van der Waals surface area contributed by atoms with Crippen molar-refractivity contribution in [2.75, 3.05) is 57.4 Å². The maximum atomic E-state index is 13.6. The Morgan fingerprint density at radius 2 is 1.79 bits per heavy atom. The van der Waals surface area contributed by atoms with Crippen LogP contribution in [0.15, 0.2) is 55.1 Å². The average molecular weight is 466 g/mol. The van der Waals surface area contributed by atoms with E-state index in [0.717, 1.165) is 11.3 Å². The lowest BCUT2D eigenvalue weighted by Gasteiger charge is -2.35. The minimum absolute atomic E-state index is 0.0357. The third kappa shape index (κ3) is 5.69. The minimum Gasteiger partial charge on any atom is -0.489 e. The fraction of sp³-hybridized carbons (Fsp3) is 0.385. The van der Waals surface area contributed by atoms with Gasteiger partial charge in [-0.15, -0.1) is 0 Å². The molecule has 2 aliphatic rings. The topological polar surface area (TPSA) is 71.6 Å². The second-order valence-corrected chi connectivity index (χ2v) is 8.30. The number of rotatable bonds is 8. The van der Waals surface area contributed by atoms with Crippen LogP contribution in [0.5, 0.6) is 17.2 Å². The average Bonchev–Trinajstić information content (AvgIpc) is 2.86. The molecule has 2 amide bonds. The number of nitrogens with zero attached hydrogens (tertiary/aromatic N) is 3. The Morgan fingerprint density at radius 3 is 2.53 bits per heavy atom. The molecule has 8 nitrogen and oxygen atoms in total. The summed E-state index contributed by atoms with van der Waals surface area (Å²) in [6, 6.07) is 13.3. The van der Waals surface area contributed by atoms with Crippen molar-refractivity contribution < 1.29 is 23.8 Å². The van der Waals surface area contributed by atoms with Crippen LogP contribution in [0.25, 0.3) is 0 Å². The van der Waals surface area contributed by atoms with Gasteiger partial charge in [0.15, 0.2) is 11.5 Å². The lowest BCUT2D eigenvalue weighted by Crippen LogP contribution is -2.51. The number of benzene rings is 2.